The fourth-order valence-electron chi connectivity index (χ4n) is 0.652. The topological polar surface area (TPSA) is 81.3 Å². The van der Waals surface area contributed by atoms with Crippen LogP contribution in [0.3, 0.4) is 0 Å². The number of hydrogen-bond donors (Lipinski definition) is 2. The minimum Gasteiger partial charge on any atom is -0.480 e. The molecular weight excluding hydrogens is 192 g/mol. The van der Waals surface area contributed by atoms with E-state index in [1.807, 2.05) is 0 Å². The number of nitrogens with two attached hydrogens (primary N) is 1. The molecule has 1 rings (SSSR count). The maximum absolute atomic E-state index is 10.7. The summed E-state index contributed by atoms with van der Waals surface area (Å²) in [5, 5.41) is 0. The number of urea groups is 1. The van der Waals surface area contributed by atoms with Crippen LogP contribution in [0.2, 0.25) is 0 Å². The number of carbonyl (C=O) groups excluding carboxylic acids is 1. The van der Waals surface area contributed by atoms with Crippen molar-refractivity contribution < 1.29 is 9.53 Å². The van der Waals surface area contributed by atoms with Crippen molar-refractivity contribution in [2.45, 2.75) is 0 Å². The monoisotopic (exact) mass is 200 g/mol. The summed E-state index contributed by atoms with van der Waals surface area (Å²) in [4.78, 5) is 18.3. The summed E-state index contributed by atoms with van der Waals surface area (Å²) >= 11 is 3.80. The summed E-state index contributed by atoms with van der Waals surface area (Å²) < 4.78 is 5.67. The Balaban J connectivity index is 2.94. The number of carbonyl (C=O) groups is 1. The molecule has 0 aliphatic heterocycles. The van der Waals surface area contributed by atoms with E-state index in [1.165, 1.54) is 19.5 Å². The molecule has 1 aromatic heterocycles. The normalized spacial score (nSPS) is 9.38. The lowest BCUT2D eigenvalue weighted by Gasteiger charge is -2.10. The smallest absolute Gasteiger partial charge is 0.330 e. The van der Waals surface area contributed by atoms with E-state index in [1.54, 1.807) is 0 Å². The third kappa shape index (κ3) is 2.22. The highest BCUT2D eigenvalue weighted by Gasteiger charge is 2.09. The predicted octanol–water partition coefficient (Wildman–Crippen LogP) is 0.215. The van der Waals surface area contributed by atoms with Crippen LogP contribution in [0.25, 0.3) is 0 Å². The molecule has 0 aliphatic rings. The van der Waals surface area contributed by atoms with E-state index in [0.29, 0.717) is 0 Å². The van der Waals surface area contributed by atoms with Crippen LogP contribution < -0.4 is 14.8 Å². The molecule has 70 valence electrons. The Morgan fingerprint density at radius 3 is 2.92 bits per heavy atom. The van der Waals surface area contributed by atoms with Crippen LogP contribution in [-0.4, -0.2) is 23.1 Å². The molecule has 0 radical (unpaired) electrons. The lowest BCUT2D eigenvalue weighted by molar-refractivity contribution is 0.257. The average Bonchev–Trinajstić information content (AvgIpc) is 2.16. The van der Waals surface area contributed by atoms with Gasteiger partial charge < -0.3 is 10.5 Å². The van der Waals surface area contributed by atoms with E-state index in [-0.39, 0.29) is 11.7 Å². The molecule has 0 fully saturated rings. The Kier molecular flexibility index (Phi) is 2.91. The number of anilines is 1. The third-order valence-electron chi connectivity index (χ3n) is 1.23. The molecule has 0 bridgehead atoms. The zero-order chi connectivity index (χ0) is 9.84. The van der Waals surface area contributed by atoms with Crippen molar-refractivity contribution >= 4 is 24.7 Å². The second kappa shape index (κ2) is 3.94. The molecule has 13 heavy (non-hydrogen) atoms. The standard InChI is InChI=1S/C6H8N4O2S/c1-12-5-3-8-2-4(9-5)10(13)6(7)11/h2-3,13H,1H3,(H2,7,11). The fraction of sp³-hybridized carbons (Fsp3) is 0.167. The molecule has 6 nitrogen and oxygen atoms in total. The van der Waals surface area contributed by atoms with Gasteiger partial charge in [-0.1, -0.05) is 12.8 Å². The van der Waals surface area contributed by atoms with E-state index in [9.17, 15) is 4.79 Å². The van der Waals surface area contributed by atoms with Crippen molar-refractivity contribution in [3.63, 3.8) is 0 Å². The van der Waals surface area contributed by atoms with Crippen molar-refractivity contribution in [2.75, 3.05) is 11.4 Å². The number of hydrogen-bond acceptors (Lipinski definition) is 5. The van der Waals surface area contributed by atoms with Crippen LogP contribution in [-0.2, 0) is 0 Å². The molecule has 0 saturated carbocycles. The molecule has 1 heterocycles. The van der Waals surface area contributed by atoms with Crippen LogP contribution >= 0.6 is 12.8 Å². The quantitative estimate of drug-likeness (QED) is 0.669. The number of amides is 2. The molecule has 2 amide bonds. The Morgan fingerprint density at radius 1 is 1.69 bits per heavy atom. The van der Waals surface area contributed by atoms with Gasteiger partial charge in [0, 0.05) is 0 Å². The highest BCUT2D eigenvalue weighted by atomic mass is 32.1. The summed E-state index contributed by atoms with van der Waals surface area (Å²) in [6.45, 7) is 0. The second-order valence-electron chi connectivity index (χ2n) is 2.07. The summed E-state index contributed by atoms with van der Waals surface area (Å²) in [5.41, 5.74) is 4.96. The van der Waals surface area contributed by atoms with E-state index in [4.69, 9.17) is 10.5 Å². The largest absolute Gasteiger partial charge is 0.480 e. The average molecular weight is 200 g/mol. The highest BCUT2D eigenvalue weighted by molar-refractivity contribution is 7.82. The van der Waals surface area contributed by atoms with Gasteiger partial charge in [0.05, 0.1) is 19.5 Å². The fourth-order valence-corrected chi connectivity index (χ4v) is 0.748. The van der Waals surface area contributed by atoms with E-state index < -0.39 is 6.03 Å². The zero-order valence-corrected chi connectivity index (χ0v) is 7.73. The maximum atomic E-state index is 10.7. The SMILES string of the molecule is COc1cncc(N(S)C(N)=O)n1. The molecule has 1 aromatic rings. The van der Waals surface area contributed by atoms with Gasteiger partial charge >= 0.3 is 6.03 Å². The zero-order valence-electron chi connectivity index (χ0n) is 6.84. The first-order valence-electron chi connectivity index (χ1n) is 3.29. The number of methoxy groups -OCH3 is 1. The van der Waals surface area contributed by atoms with Crippen LogP contribution in [0.15, 0.2) is 12.4 Å². The Bertz CT molecular complexity index is 319. The van der Waals surface area contributed by atoms with Gasteiger partial charge in [0.15, 0.2) is 5.82 Å². The van der Waals surface area contributed by atoms with Crippen molar-refractivity contribution in [3.05, 3.63) is 12.4 Å². The molecule has 0 aromatic carbocycles. The number of nitrogens with zero attached hydrogens (tertiary/aromatic N) is 3. The minimum atomic E-state index is -0.731. The van der Waals surface area contributed by atoms with Crippen molar-refractivity contribution in [1.29, 1.82) is 0 Å². The molecule has 0 aliphatic carbocycles. The lowest BCUT2D eigenvalue weighted by atomic mass is 10.6. The molecule has 0 unspecified atom stereocenters. The van der Waals surface area contributed by atoms with Crippen molar-refractivity contribution in [2.24, 2.45) is 5.73 Å². The maximum Gasteiger partial charge on any atom is 0.330 e. The molecule has 0 spiro atoms. The summed E-state index contributed by atoms with van der Waals surface area (Å²) in [6.07, 6.45) is 2.76. The Hall–Kier alpha value is -1.50. The van der Waals surface area contributed by atoms with Gasteiger partial charge in [-0.15, -0.1) is 0 Å². The molecule has 0 saturated heterocycles. The third-order valence-corrected chi connectivity index (χ3v) is 1.64. The molecule has 0 atom stereocenters. The number of primary amides is 1. The molecule has 7 heteroatoms. The first-order valence-corrected chi connectivity index (χ1v) is 3.69. The highest BCUT2D eigenvalue weighted by Crippen LogP contribution is 2.14. The minimum absolute atomic E-state index is 0.218. The van der Waals surface area contributed by atoms with Gasteiger partial charge in [0.2, 0.25) is 5.88 Å². The Labute approximate surface area is 80.3 Å². The Morgan fingerprint density at radius 2 is 2.38 bits per heavy atom. The first-order chi connectivity index (χ1) is 6.15. The summed E-state index contributed by atoms with van der Waals surface area (Å²) in [7, 11) is 1.45. The van der Waals surface area contributed by atoms with Crippen LogP contribution in [0.1, 0.15) is 0 Å². The first kappa shape index (κ1) is 9.59. The van der Waals surface area contributed by atoms with Gasteiger partial charge in [-0.3, -0.25) is 4.98 Å². The molecular formula is C6H8N4O2S. The van der Waals surface area contributed by atoms with Gasteiger partial charge in [-0.05, 0) is 0 Å². The van der Waals surface area contributed by atoms with Gasteiger partial charge in [0.1, 0.15) is 0 Å². The number of aromatic nitrogens is 2. The molecule has 2 N–H and O–H groups in total. The van der Waals surface area contributed by atoms with Gasteiger partial charge in [0.25, 0.3) is 0 Å². The van der Waals surface area contributed by atoms with Crippen molar-refractivity contribution in [1.82, 2.24) is 9.97 Å². The summed E-state index contributed by atoms with van der Waals surface area (Å²) in [5.74, 6) is 0.507. The van der Waals surface area contributed by atoms with E-state index in [2.05, 4.69) is 22.8 Å². The van der Waals surface area contributed by atoms with Crippen LogP contribution in [0.5, 0.6) is 5.88 Å². The summed E-state index contributed by atoms with van der Waals surface area (Å²) in [6, 6.07) is -0.731. The van der Waals surface area contributed by atoms with E-state index in [0.717, 1.165) is 4.31 Å². The van der Waals surface area contributed by atoms with Crippen molar-refractivity contribution in [3.8, 4) is 5.88 Å². The number of ether oxygens (including phenoxy) is 1. The number of rotatable bonds is 2. The number of thiol groups is 1. The van der Waals surface area contributed by atoms with Gasteiger partial charge in [-0.2, -0.15) is 4.98 Å². The van der Waals surface area contributed by atoms with Crippen LogP contribution in [0.4, 0.5) is 10.6 Å². The predicted molar refractivity (Wildman–Crippen MR) is 49.6 cm³/mol. The van der Waals surface area contributed by atoms with Gasteiger partial charge in [-0.25, -0.2) is 9.10 Å². The second-order valence-corrected chi connectivity index (χ2v) is 2.47. The van der Waals surface area contributed by atoms with E-state index >= 15 is 0 Å². The lowest BCUT2D eigenvalue weighted by Crippen LogP contribution is -2.28. The van der Waals surface area contributed by atoms with Crippen LogP contribution in [0, 0.1) is 0 Å².